The number of aryl methyl sites for hydroxylation is 1. The molecule has 7 heteroatoms. The van der Waals surface area contributed by atoms with Crippen LogP contribution in [0.1, 0.15) is 21.1 Å². The van der Waals surface area contributed by atoms with E-state index in [4.69, 9.17) is 0 Å². The van der Waals surface area contributed by atoms with Gasteiger partial charge in [-0.1, -0.05) is 0 Å². The number of nitrogens with one attached hydrogen (secondary N) is 1. The fourth-order valence-electron chi connectivity index (χ4n) is 1.43. The Morgan fingerprint density at radius 2 is 2.05 bits per heavy atom. The Morgan fingerprint density at radius 3 is 2.63 bits per heavy atom. The lowest BCUT2D eigenvalue weighted by Gasteiger charge is -2.05. The molecule has 2 aromatic heterocycles. The molecule has 0 aliphatic rings. The van der Waals surface area contributed by atoms with E-state index in [0.29, 0.717) is 0 Å². The molecule has 0 aromatic carbocycles. The molecule has 0 saturated heterocycles. The van der Waals surface area contributed by atoms with Crippen LogP contribution in [-0.2, 0) is 6.18 Å². The number of alkyl halides is 3. The predicted molar refractivity (Wildman–Crippen MR) is 67.8 cm³/mol. The van der Waals surface area contributed by atoms with E-state index >= 15 is 0 Å². The lowest BCUT2D eigenvalue weighted by molar-refractivity contribution is -0.141. The maximum atomic E-state index is 12.5. The Balaban J connectivity index is 2.33. The average molecular weight is 286 g/mol. The fraction of sp³-hybridized carbons (Fsp3) is 0.167. The van der Waals surface area contributed by atoms with Crippen molar-refractivity contribution >= 4 is 23.5 Å². The van der Waals surface area contributed by atoms with Crippen molar-refractivity contribution in [1.82, 2.24) is 9.97 Å². The third-order valence-corrected chi connectivity index (χ3v) is 3.22. The summed E-state index contributed by atoms with van der Waals surface area (Å²) in [5, 5.41) is 0. The van der Waals surface area contributed by atoms with Crippen molar-refractivity contribution < 1.29 is 13.2 Å². The van der Waals surface area contributed by atoms with Crippen molar-refractivity contribution in [1.29, 1.82) is 0 Å². The van der Waals surface area contributed by atoms with E-state index < -0.39 is 17.6 Å². The summed E-state index contributed by atoms with van der Waals surface area (Å²) in [4.78, 5) is 18.2. The molecule has 3 nitrogen and oxygen atoms in total. The van der Waals surface area contributed by atoms with Crippen molar-refractivity contribution in [2.45, 2.75) is 13.1 Å². The molecule has 0 bridgehead atoms. The van der Waals surface area contributed by atoms with Gasteiger partial charge < -0.3 is 4.98 Å². The molecule has 0 aliphatic heterocycles. The predicted octanol–water partition coefficient (Wildman–Crippen LogP) is 3.33. The minimum Gasteiger partial charge on any atom is -0.302 e. The highest BCUT2D eigenvalue weighted by Crippen LogP contribution is 2.27. The van der Waals surface area contributed by atoms with Crippen molar-refractivity contribution in [3.8, 4) is 0 Å². The van der Waals surface area contributed by atoms with Crippen molar-refractivity contribution in [2.24, 2.45) is 0 Å². The molecule has 0 fully saturated rings. The minimum atomic E-state index is -4.59. The highest BCUT2D eigenvalue weighted by Gasteiger charge is 2.32. The maximum absolute atomic E-state index is 12.5. The van der Waals surface area contributed by atoms with Crippen LogP contribution in [0.15, 0.2) is 23.0 Å². The zero-order chi connectivity index (χ0) is 14.0. The average Bonchev–Trinajstić information content (AvgIpc) is 2.71. The van der Waals surface area contributed by atoms with Crippen LogP contribution in [0.2, 0.25) is 0 Å². The van der Waals surface area contributed by atoms with Crippen LogP contribution < -0.4 is 5.69 Å². The zero-order valence-corrected chi connectivity index (χ0v) is 10.6. The molecule has 19 heavy (non-hydrogen) atoms. The Kier molecular flexibility index (Phi) is 3.57. The molecule has 0 radical (unpaired) electrons. The number of aromatic amines is 1. The second-order valence-electron chi connectivity index (χ2n) is 3.80. The quantitative estimate of drug-likeness (QED) is 0.920. The van der Waals surface area contributed by atoms with Gasteiger partial charge in [0, 0.05) is 9.75 Å². The van der Waals surface area contributed by atoms with Gasteiger partial charge in [0.2, 0.25) is 0 Å². The lowest BCUT2D eigenvalue weighted by atomic mass is 10.3. The number of thiophene rings is 1. The van der Waals surface area contributed by atoms with Gasteiger partial charge in [-0.05, 0) is 37.3 Å². The molecule has 0 spiro atoms. The van der Waals surface area contributed by atoms with Gasteiger partial charge in [0.15, 0.2) is 0 Å². The van der Waals surface area contributed by atoms with Crippen molar-refractivity contribution in [3.63, 3.8) is 0 Å². The van der Waals surface area contributed by atoms with Gasteiger partial charge in [-0.15, -0.1) is 11.3 Å². The Morgan fingerprint density at radius 1 is 1.32 bits per heavy atom. The molecule has 0 unspecified atom stereocenters. The standard InChI is InChI=1S/C12H9F3N2OS/c1-7-2-4-9(19-7)5-3-8-6-10(12(13,14)15)17-11(18)16-8/h2-6H,1H3,(H,16,17,18)/b5-3+. The summed E-state index contributed by atoms with van der Waals surface area (Å²) in [7, 11) is 0. The summed E-state index contributed by atoms with van der Waals surface area (Å²) in [6, 6.07) is 4.55. The number of H-pyrrole nitrogens is 1. The third kappa shape index (κ3) is 3.54. The molecule has 1 N–H and O–H groups in total. The first-order valence-corrected chi connectivity index (χ1v) is 6.09. The van der Waals surface area contributed by atoms with E-state index in [-0.39, 0.29) is 5.69 Å². The third-order valence-electron chi connectivity index (χ3n) is 2.25. The first-order valence-electron chi connectivity index (χ1n) is 5.28. The first kappa shape index (κ1) is 13.5. The number of aromatic nitrogens is 2. The molecule has 2 aromatic rings. The molecule has 2 heterocycles. The van der Waals surface area contributed by atoms with E-state index in [9.17, 15) is 18.0 Å². The van der Waals surface area contributed by atoms with Gasteiger partial charge in [0.05, 0.1) is 5.69 Å². The van der Waals surface area contributed by atoms with E-state index in [0.717, 1.165) is 15.8 Å². The van der Waals surface area contributed by atoms with E-state index in [1.54, 1.807) is 11.1 Å². The fourth-order valence-corrected chi connectivity index (χ4v) is 2.21. The maximum Gasteiger partial charge on any atom is 0.431 e. The Bertz CT molecular complexity index is 670. The lowest BCUT2D eigenvalue weighted by Crippen LogP contribution is -2.19. The van der Waals surface area contributed by atoms with E-state index in [1.807, 2.05) is 19.1 Å². The second kappa shape index (κ2) is 5.00. The van der Waals surface area contributed by atoms with E-state index in [2.05, 4.69) is 4.98 Å². The summed E-state index contributed by atoms with van der Waals surface area (Å²) in [5.41, 5.74) is -2.14. The minimum absolute atomic E-state index is 0.0258. The van der Waals surface area contributed by atoms with Crippen LogP contribution in [-0.4, -0.2) is 9.97 Å². The van der Waals surface area contributed by atoms with Crippen LogP contribution in [0.3, 0.4) is 0 Å². The Hall–Kier alpha value is -1.89. The van der Waals surface area contributed by atoms with Crippen LogP contribution in [0.25, 0.3) is 12.2 Å². The molecule has 2 rings (SSSR count). The number of nitrogens with zero attached hydrogens (tertiary/aromatic N) is 1. The molecular weight excluding hydrogens is 277 g/mol. The second-order valence-corrected chi connectivity index (χ2v) is 5.12. The van der Waals surface area contributed by atoms with Gasteiger partial charge in [-0.3, -0.25) is 0 Å². The Labute approximate surface area is 110 Å². The zero-order valence-electron chi connectivity index (χ0n) is 9.78. The van der Waals surface area contributed by atoms with Crippen molar-refractivity contribution in [2.75, 3.05) is 0 Å². The topological polar surface area (TPSA) is 45.8 Å². The highest BCUT2D eigenvalue weighted by molar-refractivity contribution is 7.12. The normalized spacial score (nSPS) is 12.2. The largest absolute Gasteiger partial charge is 0.431 e. The molecule has 0 amide bonds. The smallest absolute Gasteiger partial charge is 0.302 e. The summed E-state index contributed by atoms with van der Waals surface area (Å²) in [6.07, 6.45) is -1.58. The number of halogens is 3. The number of hydrogen-bond acceptors (Lipinski definition) is 3. The highest BCUT2D eigenvalue weighted by atomic mass is 32.1. The van der Waals surface area contributed by atoms with Crippen molar-refractivity contribution in [3.05, 3.63) is 49.8 Å². The van der Waals surface area contributed by atoms with Crippen LogP contribution >= 0.6 is 11.3 Å². The van der Waals surface area contributed by atoms with Gasteiger partial charge in [0.25, 0.3) is 0 Å². The van der Waals surface area contributed by atoms with Crippen LogP contribution in [0.4, 0.5) is 13.2 Å². The van der Waals surface area contributed by atoms with Gasteiger partial charge in [-0.2, -0.15) is 18.2 Å². The summed E-state index contributed by atoms with van der Waals surface area (Å²) < 4.78 is 37.5. The number of rotatable bonds is 2. The molecular formula is C12H9F3N2OS. The SMILES string of the molecule is Cc1ccc(/C=C/c2cc(C(F)(F)F)[nH]c(=O)n2)s1. The van der Waals surface area contributed by atoms with Crippen LogP contribution in [0.5, 0.6) is 0 Å². The summed E-state index contributed by atoms with van der Waals surface area (Å²) in [5.74, 6) is 0. The number of hydrogen-bond donors (Lipinski definition) is 1. The molecule has 0 aliphatic carbocycles. The molecule has 0 atom stereocenters. The van der Waals surface area contributed by atoms with E-state index in [1.165, 1.54) is 17.4 Å². The van der Waals surface area contributed by atoms with Gasteiger partial charge in [0.1, 0.15) is 5.69 Å². The van der Waals surface area contributed by atoms with Gasteiger partial charge in [-0.25, -0.2) is 4.79 Å². The first-order chi connectivity index (χ1) is 8.84. The monoisotopic (exact) mass is 286 g/mol. The van der Waals surface area contributed by atoms with Crippen LogP contribution in [0, 0.1) is 6.92 Å². The molecule has 100 valence electrons. The summed E-state index contributed by atoms with van der Waals surface area (Å²) in [6.45, 7) is 1.93. The van der Waals surface area contributed by atoms with Gasteiger partial charge >= 0.3 is 11.9 Å². The summed E-state index contributed by atoms with van der Waals surface area (Å²) >= 11 is 1.50. The molecule has 0 saturated carbocycles.